The number of sulfone groups is 1. The highest BCUT2D eigenvalue weighted by atomic mass is 32.2. The lowest BCUT2D eigenvalue weighted by molar-refractivity contribution is -0.137. The molecule has 0 saturated carbocycles. The molecule has 1 aromatic rings. The highest BCUT2D eigenvalue weighted by Crippen LogP contribution is 2.19. The van der Waals surface area contributed by atoms with Crippen molar-refractivity contribution in [1.82, 2.24) is 4.90 Å². The van der Waals surface area contributed by atoms with Crippen LogP contribution in [0.3, 0.4) is 0 Å². The van der Waals surface area contributed by atoms with Crippen molar-refractivity contribution < 1.29 is 22.7 Å². The Morgan fingerprint density at radius 2 is 1.96 bits per heavy atom. The lowest BCUT2D eigenvalue weighted by Gasteiger charge is -2.33. The summed E-state index contributed by atoms with van der Waals surface area (Å²) in [5, 5.41) is 0. The van der Waals surface area contributed by atoms with Crippen LogP contribution in [0.2, 0.25) is 0 Å². The molecule has 0 bridgehead atoms. The number of carbonyl (C=O) groups excluding carboxylic acids is 2. The molecule has 0 N–H and O–H groups in total. The number of piperidine rings is 1. The van der Waals surface area contributed by atoms with Gasteiger partial charge in [0, 0.05) is 12.6 Å². The molecule has 0 spiro atoms. The molecule has 132 valence electrons. The number of likely N-dealkylation sites (tertiary alicyclic amines) is 1. The van der Waals surface area contributed by atoms with Crippen molar-refractivity contribution in [3.8, 4) is 0 Å². The van der Waals surface area contributed by atoms with Gasteiger partial charge in [0.15, 0.2) is 16.4 Å². The summed E-state index contributed by atoms with van der Waals surface area (Å²) >= 11 is 0. The maximum Gasteiger partial charge on any atom is 0.339 e. The lowest BCUT2D eigenvalue weighted by Crippen LogP contribution is -2.44. The van der Waals surface area contributed by atoms with Crippen LogP contribution >= 0.6 is 0 Å². The van der Waals surface area contributed by atoms with Gasteiger partial charge in [-0.1, -0.05) is 19.1 Å². The summed E-state index contributed by atoms with van der Waals surface area (Å²) in [7, 11) is -3.54. The molecule has 1 aromatic carbocycles. The Kier molecular flexibility index (Phi) is 5.99. The molecule has 1 saturated heterocycles. The Morgan fingerprint density at radius 1 is 1.25 bits per heavy atom. The normalized spacial score (nSPS) is 18.2. The predicted octanol–water partition coefficient (Wildman–Crippen LogP) is 2.04. The van der Waals surface area contributed by atoms with Crippen LogP contribution in [0.15, 0.2) is 29.2 Å². The molecule has 1 aliphatic rings. The summed E-state index contributed by atoms with van der Waals surface area (Å²) in [5.41, 5.74) is -0.0288. The standard InChI is InChI=1S/C17H23NO5S/c1-3-24(21,22)15-10-5-4-9-14(15)17(20)23-12-16(19)18-11-7-6-8-13(18)2/h4-5,9-10,13H,3,6-8,11-12H2,1-2H3. The monoisotopic (exact) mass is 353 g/mol. The van der Waals surface area contributed by atoms with E-state index in [0.29, 0.717) is 6.54 Å². The van der Waals surface area contributed by atoms with Crippen LogP contribution < -0.4 is 0 Å². The third kappa shape index (κ3) is 4.14. The number of amides is 1. The number of benzene rings is 1. The Balaban J connectivity index is 2.07. The molecule has 1 unspecified atom stereocenters. The van der Waals surface area contributed by atoms with Crippen LogP contribution in [0.5, 0.6) is 0 Å². The van der Waals surface area contributed by atoms with E-state index in [-0.39, 0.29) is 34.8 Å². The second kappa shape index (κ2) is 7.79. The molecule has 2 rings (SSSR count). The second-order valence-electron chi connectivity index (χ2n) is 5.91. The maximum absolute atomic E-state index is 12.2. The summed E-state index contributed by atoms with van der Waals surface area (Å²) in [6.45, 7) is 3.78. The SMILES string of the molecule is CCS(=O)(=O)c1ccccc1C(=O)OCC(=O)N1CCCCC1C. The van der Waals surface area contributed by atoms with Crippen LogP contribution in [0, 0.1) is 0 Å². The van der Waals surface area contributed by atoms with Crippen LogP contribution in [0.25, 0.3) is 0 Å². The van der Waals surface area contributed by atoms with Crippen molar-refractivity contribution in [3.63, 3.8) is 0 Å². The van der Waals surface area contributed by atoms with Crippen LogP contribution in [-0.2, 0) is 19.4 Å². The topological polar surface area (TPSA) is 80.7 Å². The second-order valence-corrected chi connectivity index (χ2v) is 8.15. The summed E-state index contributed by atoms with van der Waals surface area (Å²) < 4.78 is 29.2. The molecule has 6 nitrogen and oxygen atoms in total. The Hall–Kier alpha value is -1.89. The van der Waals surface area contributed by atoms with E-state index >= 15 is 0 Å². The molecule has 1 atom stereocenters. The van der Waals surface area contributed by atoms with E-state index in [0.717, 1.165) is 19.3 Å². The van der Waals surface area contributed by atoms with Gasteiger partial charge < -0.3 is 9.64 Å². The van der Waals surface area contributed by atoms with Crippen LogP contribution in [0.4, 0.5) is 0 Å². The number of hydrogen-bond donors (Lipinski definition) is 0. The molecule has 1 aliphatic heterocycles. The molecule has 0 aliphatic carbocycles. The first kappa shape index (κ1) is 18.4. The van der Waals surface area contributed by atoms with Gasteiger partial charge in [-0.3, -0.25) is 4.79 Å². The molecular formula is C17H23NO5S. The Bertz CT molecular complexity index is 713. The molecule has 0 aromatic heterocycles. The zero-order chi connectivity index (χ0) is 17.7. The molecular weight excluding hydrogens is 330 g/mol. The third-order valence-corrected chi connectivity index (χ3v) is 6.06. The summed E-state index contributed by atoms with van der Waals surface area (Å²) in [4.78, 5) is 26.1. The van der Waals surface area contributed by atoms with Crippen LogP contribution in [0.1, 0.15) is 43.5 Å². The molecule has 1 amide bonds. The predicted molar refractivity (Wildman–Crippen MR) is 89.5 cm³/mol. The number of rotatable bonds is 5. The van der Waals surface area contributed by atoms with Crippen molar-refractivity contribution >= 4 is 21.7 Å². The van der Waals surface area contributed by atoms with Gasteiger partial charge in [0.2, 0.25) is 0 Å². The Morgan fingerprint density at radius 3 is 2.62 bits per heavy atom. The zero-order valence-corrected chi connectivity index (χ0v) is 14.8. The van der Waals surface area contributed by atoms with E-state index in [1.54, 1.807) is 17.0 Å². The van der Waals surface area contributed by atoms with E-state index in [2.05, 4.69) is 0 Å². The van der Waals surface area contributed by atoms with E-state index in [9.17, 15) is 18.0 Å². The minimum absolute atomic E-state index is 0.0288. The highest BCUT2D eigenvalue weighted by Gasteiger charge is 2.26. The minimum Gasteiger partial charge on any atom is -0.452 e. The van der Waals surface area contributed by atoms with Crippen molar-refractivity contribution in [3.05, 3.63) is 29.8 Å². The van der Waals surface area contributed by atoms with Gasteiger partial charge in [0.1, 0.15) is 0 Å². The largest absolute Gasteiger partial charge is 0.452 e. The van der Waals surface area contributed by atoms with Crippen molar-refractivity contribution in [2.75, 3.05) is 18.9 Å². The molecule has 7 heteroatoms. The Labute approximate surface area is 142 Å². The first-order valence-corrected chi connectivity index (χ1v) is 9.80. The van der Waals surface area contributed by atoms with E-state index in [4.69, 9.17) is 4.74 Å². The van der Waals surface area contributed by atoms with E-state index in [1.807, 2.05) is 6.92 Å². The average Bonchev–Trinajstić information content (AvgIpc) is 2.59. The van der Waals surface area contributed by atoms with Gasteiger partial charge in [0.05, 0.1) is 16.2 Å². The maximum atomic E-state index is 12.2. The fourth-order valence-corrected chi connectivity index (χ4v) is 3.90. The van der Waals surface area contributed by atoms with Gasteiger partial charge in [-0.2, -0.15) is 0 Å². The first-order valence-electron chi connectivity index (χ1n) is 8.15. The van der Waals surface area contributed by atoms with Gasteiger partial charge in [0.25, 0.3) is 5.91 Å². The number of carbonyl (C=O) groups is 2. The van der Waals surface area contributed by atoms with Gasteiger partial charge >= 0.3 is 5.97 Å². The minimum atomic E-state index is -3.54. The highest BCUT2D eigenvalue weighted by molar-refractivity contribution is 7.91. The first-order chi connectivity index (χ1) is 11.4. The van der Waals surface area contributed by atoms with E-state index in [1.165, 1.54) is 19.1 Å². The van der Waals surface area contributed by atoms with Crippen LogP contribution in [-0.4, -0.2) is 50.1 Å². The molecule has 1 fully saturated rings. The molecule has 1 heterocycles. The fraction of sp³-hybridized carbons (Fsp3) is 0.529. The lowest BCUT2D eigenvalue weighted by atomic mass is 10.0. The molecule has 24 heavy (non-hydrogen) atoms. The zero-order valence-electron chi connectivity index (χ0n) is 14.0. The number of esters is 1. The van der Waals surface area contributed by atoms with E-state index < -0.39 is 15.8 Å². The average molecular weight is 353 g/mol. The van der Waals surface area contributed by atoms with Gasteiger partial charge in [-0.15, -0.1) is 0 Å². The summed E-state index contributed by atoms with van der Waals surface area (Å²) in [5.74, 6) is -1.14. The van der Waals surface area contributed by atoms with Crippen molar-refractivity contribution in [2.24, 2.45) is 0 Å². The summed E-state index contributed by atoms with van der Waals surface area (Å²) in [6.07, 6.45) is 2.98. The quantitative estimate of drug-likeness (QED) is 0.757. The molecule has 0 radical (unpaired) electrons. The number of ether oxygens (including phenoxy) is 1. The number of hydrogen-bond acceptors (Lipinski definition) is 5. The smallest absolute Gasteiger partial charge is 0.339 e. The number of nitrogens with zero attached hydrogens (tertiary/aromatic N) is 1. The van der Waals surface area contributed by atoms with Gasteiger partial charge in [-0.25, -0.2) is 13.2 Å². The van der Waals surface area contributed by atoms with Crippen molar-refractivity contribution in [2.45, 2.75) is 44.0 Å². The third-order valence-electron chi connectivity index (χ3n) is 4.27. The summed E-state index contributed by atoms with van der Waals surface area (Å²) in [6, 6.07) is 6.04. The van der Waals surface area contributed by atoms with Crippen molar-refractivity contribution in [1.29, 1.82) is 0 Å². The van der Waals surface area contributed by atoms with Gasteiger partial charge in [-0.05, 0) is 38.3 Å². The fourth-order valence-electron chi connectivity index (χ4n) is 2.82.